The molecule has 0 fully saturated rings. The Kier molecular flexibility index (Phi) is 2.60. The highest BCUT2D eigenvalue weighted by atomic mass is 32.2. The zero-order valence-electron chi connectivity index (χ0n) is 4.91. The van der Waals surface area contributed by atoms with Crippen molar-refractivity contribution >= 4 is 11.8 Å². The van der Waals surface area contributed by atoms with Gasteiger partial charge >= 0.3 is 0 Å². The molecule has 0 aliphatic heterocycles. The standard InChI is InChI=1S/C5H8N2OS/c6-4-9-3-5-1-2-8-7-5/h1-2H,3-4,6H2. The third kappa shape index (κ3) is 2.07. The Balaban J connectivity index is 2.30. The number of hydrogen-bond donors (Lipinski definition) is 1. The molecule has 50 valence electrons. The Morgan fingerprint density at radius 1 is 1.78 bits per heavy atom. The van der Waals surface area contributed by atoms with E-state index >= 15 is 0 Å². The minimum atomic E-state index is 0.632. The quantitative estimate of drug-likeness (QED) is 0.638. The van der Waals surface area contributed by atoms with Crippen LogP contribution in [0.4, 0.5) is 0 Å². The van der Waals surface area contributed by atoms with Crippen LogP contribution in [0.1, 0.15) is 5.69 Å². The number of thioether (sulfide) groups is 1. The van der Waals surface area contributed by atoms with Crippen molar-refractivity contribution < 1.29 is 4.52 Å². The van der Waals surface area contributed by atoms with E-state index in [0.29, 0.717) is 5.88 Å². The largest absolute Gasteiger partial charge is 0.364 e. The molecule has 2 N–H and O–H groups in total. The summed E-state index contributed by atoms with van der Waals surface area (Å²) in [6.45, 7) is 0. The fourth-order valence-electron chi connectivity index (χ4n) is 0.475. The molecule has 3 nitrogen and oxygen atoms in total. The van der Waals surface area contributed by atoms with Crippen LogP contribution in [-0.4, -0.2) is 11.0 Å². The Labute approximate surface area is 57.6 Å². The average molecular weight is 144 g/mol. The second-order valence-electron chi connectivity index (χ2n) is 1.51. The molecule has 1 aromatic rings. The number of rotatable bonds is 3. The van der Waals surface area contributed by atoms with Crippen molar-refractivity contribution in [2.24, 2.45) is 5.73 Å². The van der Waals surface area contributed by atoms with Gasteiger partial charge in [-0.3, -0.25) is 0 Å². The predicted molar refractivity (Wildman–Crippen MR) is 36.9 cm³/mol. The second kappa shape index (κ2) is 3.53. The smallest absolute Gasteiger partial charge is 0.124 e. The fraction of sp³-hybridized carbons (Fsp3) is 0.400. The topological polar surface area (TPSA) is 52.0 Å². The van der Waals surface area contributed by atoms with Crippen LogP contribution in [0.15, 0.2) is 16.9 Å². The summed E-state index contributed by atoms with van der Waals surface area (Å²) in [5.74, 6) is 1.47. The molecule has 0 atom stereocenters. The number of nitrogens with two attached hydrogens (primary N) is 1. The zero-order valence-corrected chi connectivity index (χ0v) is 5.73. The van der Waals surface area contributed by atoms with Gasteiger partial charge in [-0.05, 0) is 0 Å². The van der Waals surface area contributed by atoms with Gasteiger partial charge < -0.3 is 10.3 Å². The first-order valence-electron chi connectivity index (χ1n) is 2.60. The van der Waals surface area contributed by atoms with Crippen molar-refractivity contribution in [3.63, 3.8) is 0 Å². The molecule has 0 saturated heterocycles. The lowest BCUT2D eigenvalue weighted by Crippen LogP contribution is -1.92. The van der Waals surface area contributed by atoms with E-state index < -0.39 is 0 Å². The van der Waals surface area contributed by atoms with Gasteiger partial charge in [0.25, 0.3) is 0 Å². The van der Waals surface area contributed by atoms with Crippen LogP contribution in [0, 0.1) is 0 Å². The third-order valence-corrected chi connectivity index (χ3v) is 1.59. The molecule has 1 rings (SSSR count). The minimum absolute atomic E-state index is 0.632. The van der Waals surface area contributed by atoms with E-state index in [-0.39, 0.29) is 0 Å². The molecule has 9 heavy (non-hydrogen) atoms. The summed E-state index contributed by atoms with van der Waals surface area (Å²) in [6, 6.07) is 1.84. The molecular weight excluding hydrogens is 136 g/mol. The Morgan fingerprint density at radius 2 is 2.67 bits per heavy atom. The lowest BCUT2D eigenvalue weighted by Gasteiger charge is -1.88. The summed E-state index contributed by atoms with van der Waals surface area (Å²) in [5, 5.41) is 3.70. The Hall–Kier alpha value is -0.480. The second-order valence-corrected chi connectivity index (χ2v) is 2.54. The summed E-state index contributed by atoms with van der Waals surface area (Å²) in [5.41, 5.74) is 6.20. The van der Waals surface area contributed by atoms with Gasteiger partial charge in [-0.15, -0.1) is 11.8 Å². The van der Waals surface area contributed by atoms with Crippen LogP contribution < -0.4 is 5.73 Å². The van der Waals surface area contributed by atoms with E-state index in [2.05, 4.69) is 9.68 Å². The molecule has 0 aliphatic carbocycles. The summed E-state index contributed by atoms with van der Waals surface area (Å²) in [6.07, 6.45) is 1.56. The highest BCUT2D eigenvalue weighted by molar-refractivity contribution is 7.98. The van der Waals surface area contributed by atoms with Crippen molar-refractivity contribution in [1.29, 1.82) is 0 Å². The van der Waals surface area contributed by atoms with E-state index in [9.17, 15) is 0 Å². The summed E-state index contributed by atoms with van der Waals surface area (Å²) in [4.78, 5) is 0. The van der Waals surface area contributed by atoms with E-state index in [4.69, 9.17) is 5.73 Å². The summed E-state index contributed by atoms with van der Waals surface area (Å²) < 4.78 is 4.61. The molecule has 0 aromatic carbocycles. The van der Waals surface area contributed by atoms with Gasteiger partial charge in [0.15, 0.2) is 0 Å². The lowest BCUT2D eigenvalue weighted by molar-refractivity contribution is 0.414. The van der Waals surface area contributed by atoms with Gasteiger partial charge in [-0.25, -0.2) is 0 Å². The molecule has 0 saturated carbocycles. The zero-order chi connectivity index (χ0) is 6.53. The van der Waals surface area contributed by atoms with Crippen molar-refractivity contribution in [2.75, 3.05) is 5.88 Å². The SMILES string of the molecule is NCSCc1ccon1. The van der Waals surface area contributed by atoms with E-state index in [1.165, 1.54) is 0 Å². The first-order valence-corrected chi connectivity index (χ1v) is 3.76. The highest BCUT2D eigenvalue weighted by Crippen LogP contribution is 2.06. The Bertz CT molecular complexity index is 152. The fourth-order valence-corrected chi connectivity index (χ4v) is 0.951. The maximum absolute atomic E-state index is 5.25. The third-order valence-electron chi connectivity index (χ3n) is 0.859. The first kappa shape index (κ1) is 6.64. The summed E-state index contributed by atoms with van der Waals surface area (Å²) >= 11 is 1.62. The maximum atomic E-state index is 5.25. The van der Waals surface area contributed by atoms with Crippen LogP contribution >= 0.6 is 11.8 Å². The normalized spacial score (nSPS) is 9.89. The number of nitrogens with zero attached hydrogens (tertiary/aromatic N) is 1. The monoisotopic (exact) mass is 144 g/mol. The van der Waals surface area contributed by atoms with Gasteiger partial charge in [0.1, 0.15) is 6.26 Å². The molecule has 1 heterocycles. The van der Waals surface area contributed by atoms with Crippen LogP contribution in [0.25, 0.3) is 0 Å². The molecule has 0 bridgehead atoms. The molecule has 0 amide bonds. The number of hydrogen-bond acceptors (Lipinski definition) is 4. The molecule has 1 aromatic heterocycles. The van der Waals surface area contributed by atoms with Gasteiger partial charge in [0.2, 0.25) is 0 Å². The average Bonchev–Trinajstić information content (AvgIpc) is 2.34. The van der Waals surface area contributed by atoms with Crippen molar-refractivity contribution in [1.82, 2.24) is 5.16 Å². The maximum Gasteiger partial charge on any atom is 0.124 e. The van der Waals surface area contributed by atoms with Crippen molar-refractivity contribution in [3.05, 3.63) is 18.0 Å². The van der Waals surface area contributed by atoms with Crippen molar-refractivity contribution in [3.8, 4) is 0 Å². The van der Waals surface area contributed by atoms with Gasteiger partial charge in [0.05, 0.1) is 5.69 Å². The number of aromatic nitrogens is 1. The van der Waals surface area contributed by atoms with Crippen LogP contribution in [0.2, 0.25) is 0 Å². The van der Waals surface area contributed by atoms with Crippen LogP contribution in [0.3, 0.4) is 0 Å². The van der Waals surface area contributed by atoms with E-state index in [0.717, 1.165) is 11.4 Å². The molecule has 0 unspecified atom stereocenters. The molecule has 0 aliphatic rings. The molecule has 0 radical (unpaired) electrons. The molecule has 4 heteroatoms. The van der Waals surface area contributed by atoms with Crippen LogP contribution in [-0.2, 0) is 5.75 Å². The lowest BCUT2D eigenvalue weighted by atomic mass is 10.5. The first-order chi connectivity index (χ1) is 4.43. The Morgan fingerprint density at radius 3 is 3.22 bits per heavy atom. The van der Waals surface area contributed by atoms with E-state index in [1.807, 2.05) is 6.07 Å². The molecular formula is C5H8N2OS. The summed E-state index contributed by atoms with van der Waals surface area (Å²) in [7, 11) is 0. The highest BCUT2D eigenvalue weighted by Gasteiger charge is 1.92. The molecule has 0 spiro atoms. The van der Waals surface area contributed by atoms with E-state index in [1.54, 1.807) is 18.0 Å². The minimum Gasteiger partial charge on any atom is -0.364 e. The predicted octanol–water partition coefficient (Wildman–Crippen LogP) is 0.824. The van der Waals surface area contributed by atoms with Gasteiger partial charge in [0, 0.05) is 17.7 Å². The van der Waals surface area contributed by atoms with Gasteiger partial charge in [-0.1, -0.05) is 5.16 Å². The van der Waals surface area contributed by atoms with Gasteiger partial charge in [-0.2, -0.15) is 0 Å². The van der Waals surface area contributed by atoms with Crippen LogP contribution in [0.5, 0.6) is 0 Å². The van der Waals surface area contributed by atoms with Crippen molar-refractivity contribution in [2.45, 2.75) is 5.75 Å².